The summed E-state index contributed by atoms with van der Waals surface area (Å²) < 4.78 is 31.9. The Hall–Kier alpha value is -3.55. The lowest BCUT2D eigenvalue weighted by molar-refractivity contribution is -0.384. The second kappa shape index (κ2) is 11.0. The number of nitro groups is 1. The van der Waals surface area contributed by atoms with Gasteiger partial charge in [-0.05, 0) is 36.4 Å². The van der Waals surface area contributed by atoms with Crippen molar-refractivity contribution in [3.8, 4) is 5.75 Å². The van der Waals surface area contributed by atoms with Crippen LogP contribution in [0.15, 0.2) is 53.4 Å². The van der Waals surface area contributed by atoms with Crippen LogP contribution in [0.25, 0.3) is 0 Å². The van der Waals surface area contributed by atoms with Crippen molar-refractivity contribution in [1.29, 1.82) is 0 Å². The third-order valence-electron chi connectivity index (χ3n) is 5.28. The first kappa shape index (κ1) is 25.1. The zero-order valence-corrected chi connectivity index (χ0v) is 19.3. The van der Waals surface area contributed by atoms with E-state index in [0.29, 0.717) is 31.1 Å². The molecule has 34 heavy (non-hydrogen) atoms. The van der Waals surface area contributed by atoms with Crippen molar-refractivity contribution in [3.05, 3.63) is 58.6 Å². The standard InChI is InChI=1S/C21H25N5O7S/c1-33-18-6-2-16(3-7-18)23-21(28)20(27)22-10-11-24-12-14-25(15-13-24)34(31,32)19-8-4-17(5-9-19)26(29)30/h2-9H,10-15H2,1H3,(H,22,27)(H,23,28). The van der Waals surface area contributed by atoms with Crippen LogP contribution in [-0.2, 0) is 19.6 Å². The van der Waals surface area contributed by atoms with Crippen molar-refractivity contribution in [2.45, 2.75) is 4.90 Å². The Kier molecular flexibility index (Phi) is 8.15. The number of anilines is 1. The summed E-state index contributed by atoms with van der Waals surface area (Å²) in [6.45, 7) is 2.05. The summed E-state index contributed by atoms with van der Waals surface area (Å²) >= 11 is 0. The third kappa shape index (κ3) is 6.27. The van der Waals surface area contributed by atoms with Gasteiger partial charge in [0.25, 0.3) is 5.69 Å². The van der Waals surface area contributed by atoms with E-state index in [9.17, 15) is 28.1 Å². The van der Waals surface area contributed by atoms with Crippen molar-refractivity contribution < 1.29 is 27.7 Å². The first-order valence-electron chi connectivity index (χ1n) is 10.4. The van der Waals surface area contributed by atoms with Gasteiger partial charge >= 0.3 is 11.8 Å². The molecule has 0 spiro atoms. The number of benzene rings is 2. The first-order valence-corrected chi connectivity index (χ1v) is 11.8. The summed E-state index contributed by atoms with van der Waals surface area (Å²) in [5, 5.41) is 15.8. The molecule has 3 rings (SSSR count). The summed E-state index contributed by atoms with van der Waals surface area (Å²) in [7, 11) is -2.23. The van der Waals surface area contributed by atoms with E-state index in [-0.39, 0.29) is 30.2 Å². The van der Waals surface area contributed by atoms with Crippen LogP contribution in [0.5, 0.6) is 5.75 Å². The number of non-ortho nitro benzene ring substituents is 1. The lowest BCUT2D eigenvalue weighted by atomic mass is 10.3. The molecule has 1 saturated heterocycles. The smallest absolute Gasteiger partial charge is 0.313 e. The Morgan fingerprint density at radius 3 is 2.18 bits per heavy atom. The van der Waals surface area contributed by atoms with E-state index in [1.54, 1.807) is 24.3 Å². The number of piperazine rings is 1. The van der Waals surface area contributed by atoms with Gasteiger partial charge in [-0.15, -0.1) is 0 Å². The summed E-state index contributed by atoms with van der Waals surface area (Å²) in [6, 6.07) is 11.3. The van der Waals surface area contributed by atoms with Gasteiger partial charge in [0.2, 0.25) is 10.0 Å². The fourth-order valence-electron chi connectivity index (χ4n) is 3.35. The number of ether oxygens (including phenoxy) is 1. The molecule has 0 saturated carbocycles. The van der Waals surface area contributed by atoms with Gasteiger partial charge in [-0.2, -0.15) is 4.31 Å². The molecular formula is C21H25N5O7S. The van der Waals surface area contributed by atoms with E-state index in [2.05, 4.69) is 10.6 Å². The van der Waals surface area contributed by atoms with Crippen LogP contribution in [-0.4, -0.2) is 80.7 Å². The highest BCUT2D eigenvalue weighted by Gasteiger charge is 2.28. The number of carbonyl (C=O) groups is 2. The highest BCUT2D eigenvalue weighted by molar-refractivity contribution is 7.89. The summed E-state index contributed by atoms with van der Waals surface area (Å²) in [6.07, 6.45) is 0. The third-order valence-corrected chi connectivity index (χ3v) is 7.20. The number of rotatable bonds is 8. The fraction of sp³-hybridized carbons (Fsp3) is 0.333. The van der Waals surface area contributed by atoms with Crippen LogP contribution < -0.4 is 15.4 Å². The van der Waals surface area contributed by atoms with Crippen LogP contribution >= 0.6 is 0 Å². The number of carbonyl (C=O) groups excluding carboxylic acids is 2. The molecule has 182 valence electrons. The molecule has 2 amide bonds. The predicted molar refractivity (Wildman–Crippen MR) is 123 cm³/mol. The van der Waals surface area contributed by atoms with E-state index in [1.165, 1.54) is 23.5 Å². The van der Waals surface area contributed by atoms with Crippen LogP contribution in [0.1, 0.15) is 0 Å². The minimum atomic E-state index is -3.75. The topological polar surface area (TPSA) is 151 Å². The second-order valence-electron chi connectivity index (χ2n) is 7.44. The highest BCUT2D eigenvalue weighted by Crippen LogP contribution is 2.20. The maximum atomic E-state index is 12.8. The van der Waals surface area contributed by atoms with Gasteiger partial charge in [0.05, 0.1) is 16.9 Å². The number of nitro benzene ring substituents is 1. The molecule has 0 atom stereocenters. The lowest BCUT2D eigenvalue weighted by Gasteiger charge is -2.33. The largest absolute Gasteiger partial charge is 0.497 e. The average Bonchev–Trinajstić information content (AvgIpc) is 2.84. The average molecular weight is 492 g/mol. The number of sulfonamides is 1. The van der Waals surface area contributed by atoms with Gasteiger partial charge in [0, 0.05) is 57.1 Å². The number of hydrogen-bond acceptors (Lipinski definition) is 8. The van der Waals surface area contributed by atoms with Crippen LogP contribution in [0, 0.1) is 10.1 Å². The Bertz CT molecular complexity index is 1130. The molecule has 0 aliphatic carbocycles. The Morgan fingerprint density at radius 2 is 1.62 bits per heavy atom. The van der Waals surface area contributed by atoms with Crippen molar-refractivity contribution in [3.63, 3.8) is 0 Å². The molecule has 0 bridgehead atoms. The SMILES string of the molecule is COc1ccc(NC(=O)C(=O)NCCN2CCN(S(=O)(=O)c3ccc([N+](=O)[O-])cc3)CC2)cc1. The zero-order valence-electron chi connectivity index (χ0n) is 18.5. The summed E-state index contributed by atoms with van der Waals surface area (Å²) in [5.74, 6) is -0.928. The fourth-order valence-corrected chi connectivity index (χ4v) is 4.77. The second-order valence-corrected chi connectivity index (χ2v) is 9.37. The number of methoxy groups -OCH3 is 1. The van der Waals surface area contributed by atoms with E-state index in [4.69, 9.17) is 4.74 Å². The van der Waals surface area contributed by atoms with Crippen LogP contribution in [0.2, 0.25) is 0 Å². The molecule has 0 unspecified atom stereocenters. The zero-order chi connectivity index (χ0) is 24.7. The van der Waals surface area contributed by atoms with Crippen molar-refractivity contribution in [2.75, 3.05) is 51.7 Å². The van der Waals surface area contributed by atoms with E-state index in [1.807, 2.05) is 4.90 Å². The molecule has 0 aromatic heterocycles. The van der Waals surface area contributed by atoms with Crippen molar-refractivity contribution in [2.24, 2.45) is 0 Å². The molecule has 2 aromatic carbocycles. The van der Waals surface area contributed by atoms with Gasteiger partial charge in [0.15, 0.2) is 0 Å². The predicted octanol–water partition coefficient (Wildman–Crippen LogP) is 0.665. The molecule has 0 radical (unpaired) electrons. The van der Waals surface area contributed by atoms with E-state index >= 15 is 0 Å². The van der Waals surface area contributed by atoms with E-state index < -0.39 is 26.8 Å². The number of nitrogens with zero attached hydrogens (tertiary/aromatic N) is 3. The molecule has 13 heteroatoms. The minimum absolute atomic E-state index is 0.00156. The minimum Gasteiger partial charge on any atom is -0.497 e. The molecule has 1 aliphatic heterocycles. The Labute approximate surface area is 196 Å². The number of nitrogens with one attached hydrogen (secondary N) is 2. The van der Waals surface area contributed by atoms with Gasteiger partial charge < -0.3 is 15.4 Å². The lowest BCUT2D eigenvalue weighted by Crippen LogP contribution is -2.50. The quantitative estimate of drug-likeness (QED) is 0.311. The maximum Gasteiger partial charge on any atom is 0.313 e. The molecule has 2 aromatic rings. The Balaban J connectivity index is 1.42. The molecule has 12 nitrogen and oxygen atoms in total. The van der Waals surface area contributed by atoms with Gasteiger partial charge in [-0.3, -0.25) is 24.6 Å². The number of hydrogen-bond donors (Lipinski definition) is 2. The molecule has 1 fully saturated rings. The summed E-state index contributed by atoms with van der Waals surface area (Å²) in [4.78, 5) is 36.2. The van der Waals surface area contributed by atoms with Crippen molar-refractivity contribution in [1.82, 2.24) is 14.5 Å². The first-order chi connectivity index (χ1) is 16.2. The van der Waals surface area contributed by atoms with Gasteiger partial charge in [-0.1, -0.05) is 0 Å². The summed E-state index contributed by atoms with van der Waals surface area (Å²) in [5.41, 5.74) is 0.287. The maximum absolute atomic E-state index is 12.8. The van der Waals surface area contributed by atoms with Crippen LogP contribution in [0.3, 0.4) is 0 Å². The molecule has 2 N–H and O–H groups in total. The molecule has 1 aliphatic rings. The monoisotopic (exact) mass is 491 g/mol. The van der Waals surface area contributed by atoms with Crippen molar-refractivity contribution >= 4 is 33.2 Å². The van der Waals surface area contributed by atoms with E-state index in [0.717, 1.165) is 12.1 Å². The molecule has 1 heterocycles. The van der Waals surface area contributed by atoms with Gasteiger partial charge in [-0.25, -0.2) is 8.42 Å². The van der Waals surface area contributed by atoms with Crippen LogP contribution in [0.4, 0.5) is 11.4 Å². The molecular weight excluding hydrogens is 466 g/mol. The van der Waals surface area contributed by atoms with Gasteiger partial charge in [0.1, 0.15) is 5.75 Å². The number of amides is 2. The highest BCUT2D eigenvalue weighted by atomic mass is 32.2. The Morgan fingerprint density at radius 1 is 1.00 bits per heavy atom. The normalized spacial score (nSPS) is 14.9.